The highest BCUT2D eigenvalue weighted by atomic mass is 32.2. The topological polar surface area (TPSA) is 37.4 Å². The largest absolute Gasteiger partial charge is 0.244 e. The van der Waals surface area contributed by atoms with Gasteiger partial charge in [0.15, 0.2) is 0 Å². The maximum Gasteiger partial charge on any atom is 0.244 e. The Hall–Kier alpha value is -2.69. The van der Waals surface area contributed by atoms with E-state index >= 15 is 0 Å². The van der Waals surface area contributed by atoms with E-state index < -0.39 is 10.0 Å². The molecule has 0 aliphatic rings. The Balaban J connectivity index is 2.02. The second kappa shape index (κ2) is 9.41. The molecule has 0 radical (unpaired) electrons. The third-order valence-corrected chi connectivity index (χ3v) is 7.14. The molecule has 0 N–H and O–H groups in total. The quantitative estimate of drug-likeness (QED) is 0.478. The van der Waals surface area contributed by atoms with Crippen LogP contribution >= 0.6 is 0 Å². The summed E-state index contributed by atoms with van der Waals surface area (Å²) in [6.07, 6.45) is 2.04. The average molecular weight is 420 g/mol. The first-order chi connectivity index (χ1) is 14.3. The molecule has 4 heteroatoms. The van der Waals surface area contributed by atoms with Crippen LogP contribution in [0.1, 0.15) is 34.7 Å². The van der Waals surface area contributed by atoms with E-state index in [2.05, 4.69) is 0 Å². The van der Waals surface area contributed by atoms with Gasteiger partial charge in [-0.1, -0.05) is 90.0 Å². The molecule has 0 aromatic heterocycles. The van der Waals surface area contributed by atoms with Gasteiger partial charge in [-0.25, -0.2) is 8.42 Å². The van der Waals surface area contributed by atoms with E-state index in [0.29, 0.717) is 18.0 Å². The standard InChI is InChI=1S/C26H29NO2S/c1-20-15-22(3)26(23(4)16-20)30(28,29)27(19-25-13-9-6-10-14-25)18-21(2)17-24-11-7-5-8-12-24/h5-17H,18-19H2,1-4H3/b21-17+. The second-order valence-corrected chi connectivity index (χ2v) is 9.76. The van der Waals surface area contributed by atoms with Crippen LogP contribution in [0, 0.1) is 20.8 Å². The Morgan fingerprint density at radius 2 is 1.40 bits per heavy atom. The van der Waals surface area contributed by atoms with E-state index in [4.69, 9.17) is 0 Å². The second-order valence-electron chi connectivity index (χ2n) is 7.89. The van der Waals surface area contributed by atoms with Gasteiger partial charge in [0.1, 0.15) is 0 Å². The molecule has 3 aromatic rings. The number of rotatable bonds is 7. The van der Waals surface area contributed by atoms with Crippen molar-refractivity contribution in [3.63, 3.8) is 0 Å². The summed E-state index contributed by atoms with van der Waals surface area (Å²) in [6.45, 7) is 8.38. The third kappa shape index (κ3) is 5.26. The molecule has 30 heavy (non-hydrogen) atoms. The minimum Gasteiger partial charge on any atom is -0.207 e. The number of hydrogen-bond acceptors (Lipinski definition) is 2. The van der Waals surface area contributed by atoms with Crippen molar-refractivity contribution in [3.8, 4) is 0 Å². The smallest absolute Gasteiger partial charge is 0.207 e. The van der Waals surface area contributed by atoms with Gasteiger partial charge in [-0.2, -0.15) is 4.31 Å². The van der Waals surface area contributed by atoms with E-state index in [9.17, 15) is 8.42 Å². The molecule has 3 rings (SSSR count). The maximum absolute atomic E-state index is 13.8. The lowest BCUT2D eigenvalue weighted by molar-refractivity contribution is 0.431. The average Bonchev–Trinajstić information content (AvgIpc) is 2.68. The van der Waals surface area contributed by atoms with E-state index in [0.717, 1.165) is 33.4 Å². The summed E-state index contributed by atoms with van der Waals surface area (Å²) in [6, 6.07) is 23.6. The van der Waals surface area contributed by atoms with Crippen molar-refractivity contribution in [1.29, 1.82) is 0 Å². The van der Waals surface area contributed by atoms with Crippen molar-refractivity contribution < 1.29 is 8.42 Å². The Bertz CT molecular complexity index is 1110. The molecule has 0 saturated carbocycles. The minimum atomic E-state index is -3.67. The molecule has 0 amide bonds. The van der Waals surface area contributed by atoms with Crippen LogP contribution in [0.5, 0.6) is 0 Å². The summed E-state index contributed by atoms with van der Waals surface area (Å²) >= 11 is 0. The number of aryl methyl sites for hydroxylation is 3. The molecule has 0 atom stereocenters. The van der Waals surface area contributed by atoms with Crippen molar-refractivity contribution in [2.24, 2.45) is 0 Å². The van der Waals surface area contributed by atoms with Crippen molar-refractivity contribution in [1.82, 2.24) is 4.31 Å². The lowest BCUT2D eigenvalue weighted by Gasteiger charge is -2.25. The lowest BCUT2D eigenvalue weighted by Crippen LogP contribution is -2.33. The van der Waals surface area contributed by atoms with Gasteiger partial charge in [0.05, 0.1) is 4.90 Å². The highest BCUT2D eigenvalue weighted by Crippen LogP contribution is 2.27. The van der Waals surface area contributed by atoms with Crippen LogP contribution in [0.25, 0.3) is 6.08 Å². The third-order valence-electron chi connectivity index (χ3n) is 5.04. The molecular weight excluding hydrogens is 390 g/mol. The molecule has 0 bridgehead atoms. The molecule has 0 aliphatic heterocycles. The van der Waals surface area contributed by atoms with Gasteiger partial charge >= 0.3 is 0 Å². The van der Waals surface area contributed by atoms with Gasteiger partial charge in [-0.3, -0.25) is 0 Å². The van der Waals surface area contributed by atoms with Gasteiger partial charge in [0, 0.05) is 13.1 Å². The summed E-state index contributed by atoms with van der Waals surface area (Å²) in [7, 11) is -3.67. The van der Waals surface area contributed by atoms with Gasteiger partial charge in [0.25, 0.3) is 0 Å². The van der Waals surface area contributed by atoms with Gasteiger partial charge < -0.3 is 0 Å². The maximum atomic E-state index is 13.8. The Morgan fingerprint density at radius 1 is 0.867 bits per heavy atom. The SMILES string of the molecule is C/C(=C\c1ccccc1)CN(Cc1ccccc1)S(=O)(=O)c1c(C)cc(C)cc1C. The zero-order valence-electron chi connectivity index (χ0n) is 18.1. The van der Waals surface area contributed by atoms with Crippen LogP contribution < -0.4 is 0 Å². The fourth-order valence-corrected chi connectivity index (χ4v) is 5.76. The highest BCUT2D eigenvalue weighted by molar-refractivity contribution is 7.89. The molecule has 0 aliphatic carbocycles. The van der Waals surface area contributed by atoms with Crippen LogP contribution in [0.3, 0.4) is 0 Å². The first-order valence-corrected chi connectivity index (χ1v) is 11.6. The zero-order chi connectivity index (χ0) is 21.7. The summed E-state index contributed by atoms with van der Waals surface area (Å²) in [5.41, 5.74) is 5.66. The molecule has 0 fully saturated rings. The van der Waals surface area contributed by atoms with Crippen molar-refractivity contribution >= 4 is 16.1 Å². The summed E-state index contributed by atoms with van der Waals surface area (Å²) in [5.74, 6) is 0. The van der Waals surface area contributed by atoms with Crippen molar-refractivity contribution in [2.45, 2.75) is 39.1 Å². The summed E-state index contributed by atoms with van der Waals surface area (Å²) in [5, 5.41) is 0. The molecule has 3 aromatic carbocycles. The first-order valence-electron chi connectivity index (χ1n) is 10.1. The fourth-order valence-electron chi connectivity index (χ4n) is 3.87. The molecule has 156 valence electrons. The van der Waals surface area contributed by atoms with Crippen LogP contribution in [0.2, 0.25) is 0 Å². The Kier molecular flexibility index (Phi) is 6.91. The van der Waals surface area contributed by atoms with Gasteiger partial charge in [-0.15, -0.1) is 0 Å². The van der Waals surface area contributed by atoms with Crippen LogP contribution in [0.4, 0.5) is 0 Å². The molecule has 0 unspecified atom stereocenters. The van der Waals surface area contributed by atoms with E-state index in [-0.39, 0.29) is 0 Å². The number of benzene rings is 3. The van der Waals surface area contributed by atoms with Crippen molar-refractivity contribution in [2.75, 3.05) is 6.54 Å². The monoisotopic (exact) mass is 419 g/mol. The first kappa shape index (κ1) is 22.0. The number of hydrogen-bond donors (Lipinski definition) is 0. The van der Waals surface area contributed by atoms with Crippen LogP contribution in [0.15, 0.2) is 83.3 Å². The summed E-state index contributed by atoms with van der Waals surface area (Å²) in [4.78, 5) is 0.413. The van der Waals surface area contributed by atoms with Gasteiger partial charge in [0.2, 0.25) is 10.0 Å². The molecule has 0 heterocycles. The molecule has 0 spiro atoms. The molecule has 0 saturated heterocycles. The van der Waals surface area contributed by atoms with Gasteiger partial charge in [-0.05, 0) is 49.9 Å². The predicted molar refractivity (Wildman–Crippen MR) is 125 cm³/mol. The minimum absolute atomic E-state index is 0.329. The van der Waals surface area contributed by atoms with E-state index in [1.165, 1.54) is 0 Å². The molecule has 3 nitrogen and oxygen atoms in total. The van der Waals surface area contributed by atoms with Crippen molar-refractivity contribution in [3.05, 3.63) is 106 Å². The summed E-state index contributed by atoms with van der Waals surface area (Å²) < 4.78 is 29.1. The van der Waals surface area contributed by atoms with Crippen LogP contribution in [-0.2, 0) is 16.6 Å². The van der Waals surface area contributed by atoms with E-state index in [1.807, 2.05) is 107 Å². The normalized spacial score (nSPS) is 12.4. The lowest BCUT2D eigenvalue weighted by atomic mass is 10.1. The fraction of sp³-hybridized carbons (Fsp3) is 0.231. The predicted octanol–water partition coefficient (Wildman–Crippen LogP) is 5.91. The van der Waals surface area contributed by atoms with E-state index in [1.54, 1.807) is 4.31 Å². The zero-order valence-corrected chi connectivity index (χ0v) is 18.9. The number of nitrogens with zero attached hydrogens (tertiary/aromatic N) is 1. The van der Waals surface area contributed by atoms with Crippen LogP contribution in [-0.4, -0.2) is 19.3 Å². The molecular formula is C26H29NO2S. The number of sulfonamides is 1. The Labute approximate surface area is 180 Å². The highest BCUT2D eigenvalue weighted by Gasteiger charge is 2.28. The Morgan fingerprint density at radius 3 is 1.97 bits per heavy atom.